The predicted molar refractivity (Wildman–Crippen MR) is 61.6 cm³/mol. The molecule has 0 saturated carbocycles. The van der Waals surface area contributed by atoms with Crippen molar-refractivity contribution in [2.45, 2.75) is 26.7 Å². The lowest BCUT2D eigenvalue weighted by Gasteiger charge is -2.19. The van der Waals surface area contributed by atoms with Crippen LogP contribution in [0.5, 0.6) is 0 Å². The van der Waals surface area contributed by atoms with Gasteiger partial charge in [-0.3, -0.25) is 0 Å². The molecule has 0 radical (unpaired) electrons. The highest BCUT2D eigenvalue weighted by Gasteiger charge is 2.12. The zero-order chi connectivity index (χ0) is 10.6. The fourth-order valence-corrected chi connectivity index (χ4v) is 1.72. The Morgan fingerprint density at radius 1 is 1.29 bits per heavy atom. The van der Waals surface area contributed by atoms with Crippen LogP contribution in [0.3, 0.4) is 0 Å². The van der Waals surface area contributed by atoms with E-state index in [1.165, 1.54) is 37.2 Å². The molecule has 2 heteroatoms. The first-order valence-electron chi connectivity index (χ1n) is 5.17. The van der Waals surface area contributed by atoms with E-state index in [0.29, 0.717) is 0 Å². The summed E-state index contributed by atoms with van der Waals surface area (Å²) in [5, 5.41) is 0. The molecule has 0 bridgehead atoms. The van der Waals surface area contributed by atoms with Gasteiger partial charge in [-0.1, -0.05) is 6.58 Å². The Labute approximate surface area is 86.8 Å². The molecule has 1 aliphatic rings. The van der Waals surface area contributed by atoms with E-state index in [1.807, 2.05) is 6.08 Å². The van der Waals surface area contributed by atoms with E-state index < -0.39 is 0 Å². The Kier molecular flexibility index (Phi) is 3.81. The Morgan fingerprint density at radius 3 is 2.36 bits per heavy atom. The largest absolute Gasteiger partial charge is 0.399 e. The molecule has 2 nitrogen and oxygen atoms in total. The summed E-state index contributed by atoms with van der Waals surface area (Å²) in [6, 6.07) is 0. The molecule has 78 valence electrons. The molecule has 0 atom stereocenters. The Bertz CT molecular complexity index is 268. The van der Waals surface area contributed by atoms with Crippen LogP contribution in [0, 0.1) is 0 Å². The summed E-state index contributed by atoms with van der Waals surface area (Å²) in [5.74, 6) is 0. The van der Waals surface area contributed by atoms with Gasteiger partial charge in [0.2, 0.25) is 0 Å². The van der Waals surface area contributed by atoms with Gasteiger partial charge in [-0.2, -0.15) is 0 Å². The van der Waals surface area contributed by atoms with E-state index in [0.717, 1.165) is 5.70 Å². The van der Waals surface area contributed by atoms with Crippen molar-refractivity contribution in [1.29, 1.82) is 0 Å². The summed E-state index contributed by atoms with van der Waals surface area (Å²) < 4.78 is 0. The Morgan fingerprint density at radius 2 is 1.86 bits per heavy atom. The van der Waals surface area contributed by atoms with Crippen molar-refractivity contribution in [2.24, 2.45) is 5.73 Å². The fourth-order valence-electron chi connectivity index (χ4n) is 1.72. The molecule has 1 rings (SSSR count). The highest BCUT2D eigenvalue weighted by atomic mass is 15.1. The van der Waals surface area contributed by atoms with Gasteiger partial charge in [0.15, 0.2) is 0 Å². The topological polar surface area (TPSA) is 29.3 Å². The third-order valence-corrected chi connectivity index (χ3v) is 2.77. The number of allylic oxidation sites excluding steroid dienone is 4. The summed E-state index contributed by atoms with van der Waals surface area (Å²) in [4.78, 5) is 2.42. The first kappa shape index (κ1) is 10.9. The third-order valence-electron chi connectivity index (χ3n) is 2.77. The lowest BCUT2D eigenvalue weighted by Crippen LogP contribution is -2.17. The standard InChI is InChI=1S/C12H20N2/c1-4-12(13)9-10(2)11(3)14-7-5-6-8-14/h4,9H,1,5-8,13H2,2-3H3/b11-10+,12-9+. The molecule has 1 fully saturated rings. The van der Waals surface area contributed by atoms with Crippen LogP contribution in [-0.4, -0.2) is 18.0 Å². The third kappa shape index (κ3) is 2.66. The highest BCUT2D eigenvalue weighted by Crippen LogP contribution is 2.18. The molecule has 0 amide bonds. The number of hydrogen-bond donors (Lipinski definition) is 1. The second-order valence-electron chi connectivity index (χ2n) is 3.81. The second kappa shape index (κ2) is 4.89. The van der Waals surface area contributed by atoms with Gasteiger partial charge in [-0.25, -0.2) is 0 Å². The van der Waals surface area contributed by atoms with E-state index in [9.17, 15) is 0 Å². The summed E-state index contributed by atoms with van der Waals surface area (Å²) in [6.07, 6.45) is 6.29. The van der Waals surface area contributed by atoms with Crippen molar-refractivity contribution >= 4 is 0 Å². The fraction of sp³-hybridized carbons (Fsp3) is 0.500. The minimum Gasteiger partial charge on any atom is -0.399 e. The van der Waals surface area contributed by atoms with E-state index in [2.05, 4.69) is 25.3 Å². The molecule has 0 aromatic carbocycles. The SMILES string of the molecule is C=C/C(N)=C\C(C)=C(/C)N1CCCC1. The van der Waals surface area contributed by atoms with Crippen LogP contribution < -0.4 is 5.73 Å². The quantitative estimate of drug-likeness (QED) is 0.696. The number of hydrogen-bond acceptors (Lipinski definition) is 2. The van der Waals surface area contributed by atoms with Crippen molar-refractivity contribution in [1.82, 2.24) is 4.90 Å². The zero-order valence-electron chi connectivity index (χ0n) is 9.21. The second-order valence-corrected chi connectivity index (χ2v) is 3.81. The van der Waals surface area contributed by atoms with Crippen LogP contribution in [0.25, 0.3) is 0 Å². The van der Waals surface area contributed by atoms with Gasteiger partial charge in [0, 0.05) is 24.5 Å². The average Bonchev–Trinajstić information content (AvgIpc) is 2.69. The van der Waals surface area contributed by atoms with Crippen LogP contribution in [-0.2, 0) is 0 Å². The average molecular weight is 192 g/mol. The Hall–Kier alpha value is -1.18. The maximum atomic E-state index is 5.70. The minimum atomic E-state index is 0.737. The molecule has 1 saturated heterocycles. The van der Waals surface area contributed by atoms with Gasteiger partial charge in [-0.05, 0) is 44.4 Å². The van der Waals surface area contributed by atoms with Crippen LogP contribution >= 0.6 is 0 Å². The molecule has 2 N–H and O–H groups in total. The number of nitrogens with zero attached hydrogens (tertiary/aromatic N) is 1. The van der Waals surface area contributed by atoms with Gasteiger partial charge < -0.3 is 10.6 Å². The normalized spacial score (nSPS) is 19.6. The summed E-state index contributed by atoms with van der Waals surface area (Å²) in [5.41, 5.74) is 9.02. The van der Waals surface area contributed by atoms with Crippen molar-refractivity contribution in [3.63, 3.8) is 0 Å². The highest BCUT2D eigenvalue weighted by molar-refractivity contribution is 5.29. The first-order chi connectivity index (χ1) is 6.65. The van der Waals surface area contributed by atoms with E-state index in [4.69, 9.17) is 5.73 Å². The molecule has 0 spiro atoms. The number of likely N-dealkylation sites (tertiary alicyclic amines) is 1. The van der Waals surface area contributed by atoms with Gasteiger partial charge in [0.1, 0.15) is 0 Å². The van der Waals surface area contributed by atoms with Crippen molar-refractivity contribution in [3.8, 4) is 0 Å². The molecular formula is C12H20N2. The predicted octanol–water partition coefficient (Wildman–Crippen LogP) is 2.40. The van der Waals surface area contributed by atoms with E-state index in [-0.39, 0.29) is 0 Å². The Balaban J connectivity index is 2.75. The molecule has 0 aliphatic carbocycles. The van der Waals surface area contributed by atoms with Crippen LogP contribution in [0.1, 0.15) is 26.7 Å². The van der Waals surface area contributed by atoms with Crippen LogP contribution in [0.4, 0.5) is 0 Å². The molecule has 0 unspecified atom stereocenters. The van der Waals surface area contributed by atoms with Crippen LogP contribution in [0.2, 0.25) is 0 Å². The zero-order valence-corrected chi connectivity index (χ0v) is 9.21. The minimum absolute atomic E-state index is 0.737. The summed E-state index contributed by atoms with van der Waals surface area (Å²) in [7, 11) is 0. The van der Waals surface area contributed by atoms with Gasteiger partial charge in [-0.15, -0.1) is 0 Å². The lowest BCUT2D eigenvalue weighted by molar-refractivity contribution is 0.424. The summed E-state index contributed by atoms with van der Waals surface area (Å²) in [6.45, 7) is 10.3. The molecule has 1 aliphatic heterocycles. The molecule has 0 aromatic rings. The lowest BCUT2D eigenvalue weighted by atomic mass is 10.2. The molecule has 1 heterocycles. The van der Waals surface area contributed by atoms with E-state index in [1.54, 1.807) is 6.08 Å². The molecule has 14 heavy (non-hydrogen) atoms. The van der Waals surface area contributed by atoms with Gasteiger partial charge >= 0.3 is 0 Å². The van der Waals surface area contributed by atoms with E-state index >= 15 is 0 Å². The molecular weight excluding hydrogens is 172 g/mol. The van der Waals surface area contributed by atoms with Gasteiger partial charge in [0.05, 0.1) is 0 Å². The van der Waals surface area contributed by atoms with Crippen molar-refractivity contribution in [3.05, 3.63) is 35.7 Å². The monoisotopic (exact) mass is 192 g/mol. The van der Waals surface area contributed by atoms with Crippen molar-refractivity contribution < 1.29 is 0 Å². The summed E-state index contributed by atoms with van der Waals surface area (Å²) >= 11 is 0. The maximum absolute atomic E-state index is 5.70. The maximum Gasteiger partial charge on any atom is 0.0311 e. The van der Waals surface area contributed by atoms with Gasteiger partial charge in [0.25, 0.3) is 0 Å². The van der Waals surface area contributed by atoms with Crippen molar-refractivity contribution in [2.75, 3.05) is 13.1 Å². The van der Waals surface area contributed by atoms with Crippen LogP contribution in [0.15, 0.2) is 35.7 Å². The first-order valence-corrected chi connectivity index (χ1v) is 5.17. The smallest absolute Gasteiger partial charge is 0.0311 e. The molecule has 0 aromatic heterocycles. The number of rotatable bonds is 3. The number of nitrogens with two attached hydrogens (primary N) is 1.